The minimum atomic E-state index is -0.920. The van der Waals surface area contributed by atoms with Gasteiger partial charge in [-0.05, 0) is 42.0 Å². The third kappa shape index (κ3) is 3.73. The predicted octanol–water partition coefficient (Wildman–Crippen LogP) is 0.378. The molecule has 2 aromatic carbocycles. The number of hydrogen-bond donors (Lipinski definition) is 1. The van der Waals surface area contributed by atoms with Crippen molar-refractivity contribution in [1.29, 1.82) is 0 Å². The molecular formula is C27H24IN3O5. The van der Waals surface area contributed by atoms with Gasteiger partial charge in [-0.15, -0.1) is 0 Å². The van der Waals surface area contributed by atoms with Crippen LogP contribution in [-0.4, -0.2) is 31.8 Å². The molecule has 6 rings (SSSR count). The Labute approximate surface area is 225 Å². The summed E-state index contributed by atoms with van der Waals surface area (Å²) in [7, 11) is 3.22. The van der Waals surface area contributed by atoms with Crippen LogP contribution in [0.15, 0.2) is 55.0 Å². The van der Waals surface area contributed by atoms with Crippen LogP contribution in [0.3, 0.4) is 0 Å². The maximum absolute atomic E-state index is 13.6. The van der Waals surface area contributed by atoms with Gasteiger partial charge in [0.1, 0.15) is 6.04 Å². The Morgan fingerprint density at radius 2 is 1.81 bits per heavy atom. The Balaban J connectivity index is 0.00000267. The Kier molecular flexibility index (Phi) is 6.44. The van der Waals surface area contributed by atoms with Crippen molar-refractivity contribution in [1.82, 2.24) is 4.98 Å². The van der Waals surface area contributed by atoms with Gasteiger partial charge >= 0.3 is 0 Å². The normalized spacial score (nSPS) is 13.9. The number of aryl methyl sites for hydroxylation is 2. The molecule has 8 nitrogen and oxygen atoms in total. The molecule has 4 heterocycles. The Bertz CT molecular complexity index is 1490. The number of nitrogens with zero attached hydrogens (tertiary/aromatic N) is 2. The number of rotatable bonds is 5. The van der Waals surface area contributed by atoms with Gasteiger partial charge in [-0.25, -0.2) is 0 Å². The number of carbonyl (C=O) groups is 1. The molecule has 0 aliphatic carbocycles. The van der Waals surface area contributed by atoms with E-state index < -0.39 is 6.04 Å². The van der Waals surface area contributed by atoms with E-state index in [9.17, 15) is 4.79 Å². The van der Waals surface area contributed by atoms with Crippen LogP contribution in [0.1, 0.15) is 27.5 Å². The molecule has 2 aromatic heterocycles. The quantitative estimate of drug-likeness (QED) is 0.202. The van der Waals surface area contributed by atoms with Crippen molar-refractivity contribution in [3.05, 3.63) is 71.7 Å². The van der Waals surface area contributed by atoms with Crippen molar-refractivity contribution in [2.24, 2.45) is 5.73 Å². The zero-order valence-electron chi connectivity index (χ0n) is 19.8. The van der Waals surface area contributed by atoms with E-state index in [1.54, 1.807) is 38.7 Å². The molecule has 0 saturated carbocycles. The lowest BCUT2D eigenvalue weighted by Crippen LogP contribution is -3.00. The molecule has 2 N–H and O–H groups in total. The van der Waals surface area contributed by atoms with Gasteiger partial charge in [0.2, 0.25) is 12.5 Å². The first-order valence-corrected chi connectivity index (χ1v) is 11.3. The first-order valence-electron chi connectivity index (χ1n) is 11.3. The average Bonchev–Trinajstić information content (AvgIpc) is 3.36. The molecule has 9 heteroatoms. The summed E-state index contributed by atoms with van der Waals surface area (Å²) in [6.07, 6.45) is 6.04. The lowest BCUT2D eigenvalue weighted by atomic mass is 9.86. The zero-order chi connectivity index (χ0) is 24.1. The highest BCUT2D eigenvalue weighted by Crippen LogP contribution is 2.45. The molecule has 0 saturated heterocycles. The summed E-state index contributed by atoms with van der Waals surface area (Å²) in [6, 6.07) is 10.2. The second kappa shape index (κ2) is 9.55. The second-order valence-electron chi connectivity index (χ2n) is 8.54. The minimum Gasteiger partial charge on any atom is -1.00 e. The average molecular weight is 597 g/mol. The number of carbonyl (C=O) groups excluding carboxylic acids is 1. The highest BCUT2D eigenvalue weighted by atomic mass is 127. The molecule has 1 unspecified atom stereocenters. The number of aromatic nitrogens is 2. The molecule has 0 fully saturated rings. The van der Waals surface area contributed by atoms with E-state index in [1.165, 1.54) is 0 Å². The van der Waals surface area contributed by atoms with E-state index in [0.29, 0.717) is 29.4 Å². The maximum Gasteiger partial charge on any atom is 0.231 e. The lowest BCUT2D eigenvalue weighted by Gasteiger charge is -2.23. The number of ketones is 1. The van der Waals surface area contributed by atoms with Crippen LogP contribution >= 0.6 is 0 Å². The van der Waals surface area contributed by atoms with Crippen molar-refractivity contribution in [2.45, 2.75) is 19.0 Å². The number of nitrogens with two attached hydrogens (primary N) is 1. The van der Waals surface area contributed by atoms with Crippen LogP contribution in [-0.2, 0) is 13.0 Å². The second-order valence-corrected chi connectivity index (χ2v) is 8.54. The van der Waals surface area contributed by atoms with Gasteiger partial charge in [0, 0.05) is 29.8 Å². The van der Waals surface area contributed by atoms with Crippen molar-refractivity contribution in [2.75, 3.05) is 21.0 Å². The van der Waals surface area contributed by atoms with Crippen molar-refractivity contribution < 1.29 is 52.3 Å². The Morgan fingerprint density at radius 1 is 1.06 bits per heavy atom. The fourth-order valence-electron chi connectivity index (χ4n) is 5.09. The summed E-state index contributed by atoms with van der Waals surface area (Å²) in [5, 5.41) is 1.65. The number of benzene rings is 2. The number of ether oxygens (including phenoxy) is 4. The fraction of sp³-hybridized carbons (Fsp3) is 0.222. The van der Waals surface area contributed by atoms with Gasteiger partial charge in [-0.1, -0.05) is 0 Å². The molecule has 0 spiro atoms. The van der Waals surface area contributed by atoms with E-state index in [1.807, 2.05) is 30.5 Å². The minimum absolute atomic E-state index is 0. The molecule has 184 valence electrons. The van der Waals surface area contributed by atoms with Crippen LogP contribution in [0.2, 0.25) is 0 Å². The van der Waals surface area contributed by atoms with Gasteiger partial charge < -0.3 is 48.7 Å². The Hall–Kier alpha value is -3.44. The fourth-order valence-corrected chi connectivity index (χ4v) is 5.09. The maximum atomic E-state index is 13.6. The first-order chi connectivity index (χ1) is 17.1. The van der Waals surface area contributed by atoms with Crippen LogP contribution in [0, 0.1) is 0 Å². The van der Waals surface area contributed by atoms with E-state index in [4.69, 9.17) is 24.7 Å². The van der Waals surface area contributed by atoms with E-state index in [0.717, 1.165) is 45.3 Å². The van der Waals surface area contributed by atoms with Crippen LogP contribution in [0.25, 0.3) is 22.0 Å². The number of fused-ring (bicyclic) bond motifs is 5. The summed E-state index contributed by atoms with van der Waals surface area (Å²) in [6.45, 7) is 0.904. The highest BCUT2D eigenvalue weighted by Gasteiger charge is 2.36. The van der Waals surface area contributed by atoms with E-state index in [-0.39, 0.29) is 36.6 Å². The number of Topliss-reactive ketones (excluding diaryl/α,β-unsaturated/α-hetero) is 1. The molecule has 36 heavy (non-hydrogen) atoms. The van der Waals surface area contributed by atoms with E-state index >= 15 is 0 Å². The molecule has 0 radical (unpaired) electrons. The summed E-state index contributed by atoms with van der Waals surface area (Å²) in [5.74, 6) is 2.44. The zero-order valence-corrected chi connectivity index (χ0v) is 21.9. The number of halogens is 1. The Morgan fingerprint density at radius 3 is 2.53 bits per heavy atom. The van der Waals surface area contributed by atoms with Crippen LogP contribution in [0.5, 0.6) is 23.0 Å². The first kappa shape index (κ1) is 24.3. The molecule has 0 bridgehead atoms. The van der Waals surface area contributed by atoms with Gasteiger partial charge in [0.25, 0.3) is 0 Å². The molecule has 0 amide bonds. The molecule has 1 atom stereocenters. The van der Waals surface area contributed by atoms with Crippen molar-refractivity contribution in [3.8, 4) is 34.3 Å². The summed E-state index contributed by atoms with van der Waals surface area (Å²) in [4.78, 5) is 17.6. The van der Waals surface area contributed by atoms with Gasteiger partial charge in [-0.3, -0.25) is 9.78 Å². The summed E-state index contributed by atoms with van der Waals surface area (Å²) >= 11 is 0. The summed E-state index contributed by atoms with van der Waals surface area (Å²) < 4.78 is 24.7. The highest BCUT2D eigenvalue weighted by molar-refractivity contribution is 6.05. The third-order valence-corrected chi connectivity index (χ3v) is 6.74. The smallest absolute Gasteiger partial charge is 0.231 e. The standard InChI is InChI=1S/C27H24N3O5.HI/c1-32-20-4-3-17-19(27(20)33-2)13-30-10-7-16-11-21-22(35-14-34-21)12-18(16)25(30)23(17)24(28)26(31)15-5-8-29-9-6-15;/h3-6,8-9,11-13,24H,7,10,14,28H2,1-2H3;1H/q+1;/p-1. The van der Waals surface area contributed by atoms with Crippen molar-refractivity contribution >= 4 is 16.6 Å². The number of pyridine rings is 2. The van der Waals surface area contributed by atoms with Gasteiger partial charge in [0.05, 0.1) is 30.7 Å². The lowest BCUT2D eigenvalue weighted by molar-refractivity contribution is -0.686. The van der Waals surface area contributed by atoms with E-state index in [2.05, 4.69) is 9.55 Å². The van der Waals surface area contributed by atoms with Crippen LogP contribution in [0.4, 0.5) is 0 Å². The molecule has 2 aliphatic rings. The van der Waals surface area contributed by atoms with Crippen LogP contribution < -0.4 is 53.2 Å². The SMILES string of the molecule is COc1ccc2c(C(N)C(=O)c3ccncc3)c3[n+](cc2c1OC)CCc1cc2c(cc1-3)OCO2.[I-]. The topological polar surface area (TPSA) is 96.8 Å². The van der Waals surface area contributed by atoms with Crippen molar-refractivity contribution in [3.63, 3.8) is 0 Å². The summed E-state index contributed by atoms with van der Waals surface area (Å²) in [5.41, 5.74) is 11.0. The van der Waals surface area contributed by atoms with Gasteiger partial charge in [-0.2, -0.15) is 4.57 Å². The monoisotopic (exact) mass is 597 g/mol. The molecule has 2 aliphatic heterocycles. The number of methoxy groups -OCH3 is 2. The predicted molar refractivity (Wildman–Crippen MR) is 128 cm³/mol. The molecular weight excluding hydrogens is 573 g/mol. The third-order valence-electron chi connectivity index (χ3n) is 6.74. The van der Waals surface area contributed by atoms with Gasteiger partial charge in [0.15, 0.2) is 41.5 Å². The number of hydrogen-bond acceptors (Lipinski definition) is 7. The molecule has 4 aromatic rings. The largest absolute Gasteiger partial charge is 1.00 e.